The topological polar surface area (TPSA) is 52.8 Å². The molecule has 0 unspecified atom stereocenters. The molecule has 0 amide bonds. The van der Waals surface area contributed by atoms with Gasteiger partial charge in [0.25, 0.3) is 0 Å². The molecule has 16 heavy (non-hydrogen) atoms. The van der Waals surface area contributed by atoms with E-state index < -0.39 is 0 Å². The Bertz CT molecular complexity index is 497. The van der Waals surface area contributed by atoms with Gasteiger partial charge in [0.1, 0.15) is 11.4 Å². The normalized spacial score (nSPS) is 10.4. The van der Waals surface area contributed by atoms with E-state index in [0.717, 1.165) is 28.2 Å². The molecule has 0 fully saturated rings. The lowest BCUT2D eigenvalue weighted by Crippen LogP contribution is -2.04. The monoisotopic (exact) mass is 282 g/mol. The Morgan fingerprint density at radius 1 is 1.44 bits per heavy atom. The zero-order valence-electron chi connectivity index (χ0n) is 9.01. The molecule has 0 aliphatic rings. The molecule has 2 rings (SSSR count). The first-order valence-corrected chi connectivity index (χ1v) is 5.66. The van der Waals surface area contributed by atoms with Crippen molar-refractivity contribution >= 4 is 15.9 Å². The zero-order chi connectivity index (χ0) is 11.5. The predicted molar refractivity (Wildman–Crippen MR) is 62.8 cm³/mol. The van der Waals surface area contributed by atoms with Crippen molar-refractivity contribution in [3.63, 3.8) is 0 Å². The number of ether oxygens (including phenoxy) is 1. The largest absolute Gasteiger partial charge is 0.494 e. The highest BCUT2D eigenvalue weighted by Crippen LogP contribution is 2.26. The van der Waals surface area contributed by atoms with E-state index in [-0.39, 0.29) is 0 Å². The summed E-state index contributed by atoms with van der Waals surface area (Å²) >= 11 is 3.42. The molecule has 0 N–H and O–H groups in total. The molecule has 1 heterocycles. The van der Waals surface area contributed by atoms with E-state index in [4.69, 9.17) is 4.74 Å². The fraction of sp³-hybridized carbons (Fsp3) is 0.300. The molecule has 1 aromatic carbocycles. The second-order valence-electron chi connectivity index (χ2n) is 3.18. The van der Waals surface area contributed by atoms with Gasteiger partial charge < -0.3 is 4.74 Å². The fourth-order valence-electron chi connectivity index (χ4n) is 1.44. The number of aryl methyl sites for hydroxylation is 1. The molecule has 0 saturated carbocycles. The van der Waals surface area contributed by atoms with Crippen LogP contribution in [-0.2, 0) is 6.42 Å². The van der Waals surface area contributed by atoms with Crippen LogP contribution in [0.3, 0.4) is 0 Å². The highest BCUT2D eigenvalue weighted by molar-refractivity contribution is 9.10. The molecular formula is C10H11BrN4O. The molecule has 6 heteroatoms. The molecule has 0 bridgehead atoms. The Balaban J connectivity index is 2.58. The lowest BCUT2D eigenvalue weighted by Gasteiger charge is -2.09. The highest BCUT2D eigenvalue weighted by Gasteiger charge is 2.11. The summed E-state index contributed by atoms with van der Waals surface area (Å²) in [6, 6.07) is 5.72. The Hall–Kier alpha value is -1.43. The summed E-state index contributed by atoms with van der Waals surface area (Å²) in [5.41, 5.74) is 0.832. The summed E-state index contributed by atoms with van der Waals surface area (Å²) in [6.45, 7) is 2.01. The number of halogens is 1. The van der Waals surface area contributed by atoms with Gasteiger partial charge in [-0.3, -0.25) is 0 Å². The van der Waals surface area contributed by atoms with Crippen LogP contribution < -0.4 is 4.74 Å². The number of tetrazole rings is 1. The second-order valence-corrected chi connectivity index (χ2v) is 4.09. The number of hydrogen-bond donors (Lipinski definition) is 0. The van der Waals surface area contributed by atoms with Gasteiger partial charge in [0, 0.05) is 10.9 Å². The van der Waals surface area contributed by atoms with Crippen molar-refractivity contribution in [3.8, 4) is 11.4 Å². The Morgan fingerprint density at radius 2 is 2.25 bits per heavy atom. The van der Waals surface area contributed by atoms with Crippen molar-refractivity contribution in [1.82, 2.24) is 20.2 Å². The molecule has 0 aliphatic carbocycles. The standard InChI is InChI=1S/C10H11BrN4O/c1-3-10-12-13-14-15(10)8-6-7(11)4-5-9(8)16-2/h4-6H,3H2,1-2H3. The zero-order valence-corrected chi connectivity index (χ0v) is 10.6. The lowest BCUT2D eigenvalue weighted by atomic mass is 10.3. The number of nitrogens with zero attached hydrogens (tertiary/aromatic N) is 4. The molecule has 0 spiro atoms. The maximum Gasteiger partial charge on any atom is 0.156 e. The summed E-state index contributed by atoms with van der Waals surface area (Å²) in [5, 5.41) is 11.6. The van der Waals surface area contributed by atoms with Crippen LogP contribution in [0.4, 0.5) is 0 Å². The smallest absolute Gasteiger partial charge is 0.156 e. The third-order valence-electron chi connectivity index (χ3n) is 2.22. The molecule has 0 aliphatic heterocycles. The van der Waals surface area contributed by atoms with Gasteiger partial charge in [-0.2, -0.15) is 4.68 Å². The average molecular weight is 283 g/mol. The highest BCUT2D eigenvalue weighted by atomic mass is 79.9. The summed E-state index contributed by atoms with van der Waals surface area (Å²) in [4.78, 5) is 0. The van der Waals surface area contributed by atoms with Crippen LogP contribution >= 0.6 is 15.9 Å². The second kappa shape index (κ2) is 4.61. The van der Waals surface area contributed by atoms with E-state index in [1.165, 1.54) is 0 Å². The summed E-state index contributed by atoms with van der Waals surface area (Å²) < 4.78 is 7.93. The number of benzene rings is 1. The molecule has 0 saturated heterocycles. The van der Waals surface area contributed by atoms with Crippen molar-refractivity contribution < 1.29 is 4.74 Å². The lowest BCUT2D eigenvalue weighted by molar-refractivity contribution is 0.411. The third-order valence-corrected chi connectivity index (χ3v) is 2.71. The molecule has 84 valence electrons. The quantitative estimate of drug-likeness (QED) is 0.864. The van der Waals surface area contributed by atoms with Gasteiger partial charge in [0.2, 0.25) is 0 Å². The van der Waals surface area contributed by atoms with Crippen molar-refractivity contribution in [1.29, 1.82) is 0 Å². The van der Waals surface area contributed by atoms with Gasteiger partial charge in [0.05, 0.1) is 7.11 Å². The van der Waals surface area contributed by atoms with E-state index >= 15 is 0 Å². The third kappa shape index (κ3) is 1.92. The molecule has 5 nitrogen and oxygen atoms in total. The van der Waals surface area contributed by atoms with E-state index in [1.54, 1.807) is 11.8 Å². The molecule has 0 atom stereocenters. The van der Waals surface area contributed by atoms with Crippen LogP contribution in [0.15, 0.2) is 22.7 Å². The first-order chi connectivity index (χ1) is 7.76. The van der Waals surface area contributed by atoms with Crippen molar-refractivity contribution in [2.75, 3.05) is 7.11 Å². The van der Waals surface area contributed by atoms with Gasteiger partial charge in [0.15, 0.2) is 5.82 Å². The Labute approximate surface area is 102 Å². The van der Waals surface area contributed by atoms with Gasteiger partial charge in [-0.05, 0) is 28.6 Å². The van der Waals surface area contributed by atoms with Crippen LogP contribution in [0.1, 0.15) is 12.7 Å². The van der Waals surface area contributed by atoms with Crippen LogP contribution in [-0.4, -0.2) is 27.3 Å². The summed E-state index contributed by atoms with van der Waals surface area (Å²) in [5.74, 6) is 1.54. The maximum absolute atomic E-state index is 5.29. The SMILES string of the molecule is CCc1nnnn1-c1cc(Br)ccc1OC. The molecule has 0 radical (unpaired) electrons. The van der Waals surface area contributed by atoms with E-state index in [9.17, 15) is 0 Å². The van der Waals surface area contributed by atoms with Gasteiger partial charge in [-0.1, -0.05) is 22.9 Å². The van der Waals surface area contributed by atoms with Crippen molar-refractivity contribution in [2.24, 2.45) is 0 Å². The summed E-state index contributed by atoms with van der Waals surface area (Å²) in [7, 11) is 1.63. The first kappa shape index (κ1) is 11.1. The predicted octanol–water partition coefficient (Wildman–Crippen LogP) is 2.00. The minimum Gasteiger partial charge on any atom is -0.494 e. The van der Waals surface area contributed by atoms with Crippen molar-refractivity contribution in [3.05, 3.63) is 28.5 Å². The van der Waals surface area contributed by atoms with Crippen LogP contribution in [0.5, 0.6) is 5.75 Å². The Morgan fingerprint density at radius 3 is 2.94 bits per heavy atom. The van der Waals surface area contributed by atoms with Crippen LogP contribution in [0, 0.1) is 0 Å². The Kier molecular flexibility index (Phi) is 3.19. The minimum atomic E-state index is 0.741. The fourth-order valence-corrected chi connectivity index (χ4v) is 1.79. The van der Waals surface area contributed by atoms with Gasteiger partial charge in [-0.25, -0.2) is 0 Å². The number of methoxy groups -OCH3 is 1. The van der Waals surface area contributed by atoms with E-state index in [1.807, 2.05) is 25.1 Å². The molecule has 1 aromatic heterocycles. The van der Waals surface area contributed by atoms with Crippen LogP contribution in [0.25, 0.3) is 5.69 Å². The van der Waals surface area contributed by atoms with Crippen LogP contribution in [0.2, 0.25) is 0 Å². The number of hydrogen-bond acceptors (Lipinski definition) is 4. The van der Waals surface area contributed by atoms with Crippen molar-refractivity contribution in [2.45, 2.75) is 13.3 Å². The van der Waals surface area contributed by atoms with E-state index in [2.05, 4.69) is 31.5 Å². The maximum atomic E-state index is 5.29. The van der Waals surface area contributed by atoms with Gasteiger partial charge >= 0.3 is 0 Å². The van der Waals surface area contributed by atoms with E-state index in [0.29, 0.717) is 0 Å². The first-order valence-electron chi connectivity index (χ1n) is 4.87. The summed E-state index contributed by atoms with van der Waals surface area (Å²) in [6.07, 6.45) is 0.767. The number of aromatic nitrogens is 4. The molecule has 2 aromatic rings. The van der Waals surface area contributed by atoms with Gasteiger partial charge in [-0.15, -0.1) is 5.10 Å². The number of rotatable bonds is 3. The minimum absolute atomic E-state index is 0.741. The average Bonchev–Trinajstić information content (AvgIpc) is 2.76. The molecular weight excluding hydrogens is 272 g/mol.